The third-order valence-electron chi connectivity index (χ3n) is 6.03. The first-order chi connectivity index (χ1) is 9.91. The van der Waals surface area contributed by atoms with E-state index in [1.807, 2.05) is 12.1 Å². The molecular weight excluding hydrogens is 260 g/mol. The van der Waals surface area contributed by atoms with Gasteiger partial charge in [0.25, 0.3) is 0 Å². The normalized spacial score (nSPS) is 43.8. The fraction of sp³-hybridized carbons (Fsp3) is 0.667. The van der Waals surface area contributed by atoms with Crippen LogP contribution < -0.4 is 5.32 Å². The lowest BCUT2D eigenvalue weighted by molar-refractivity contribution is -0.165. The first kappa shape index (κ1) is 13.3. The first-order valence-electron chi connectivity index (χ1n) is 8.12. The average Bonchev–Trinajstić information content (AvgIpc) is 2.35. The molecule has 4 bridgehead atoms. The van der Waals surface area contributed by atoms with Gasteiger partial charge < -0.3 is 5.32 Å². The van der Waals surface area contributed by atoms with Crippen molar-refractivity contribution >= 4 is 11.6 Å². The van der Waals surface area contributed by atoms with Gasteiger partial charge in [-0.25, -0.2) is 0 Å². The maximum absolute atomic E-state index is 13.0. The third-order valence-corrected chi connectivity index (χ3v) is 6.03. The highest BCUT2D eigenvalue weighted by Gasteiger charge is 2.62. The van der Waals surface area contributed by atoms with Crippen molar-refractivity contribution in [3.8, 4) is 0 Å². The summed E-state index contributed by atoms with van der Waals surface area (Å²) >= 11 is 0. The molecular formula is C18H24N2O. The second-order valence-electron chi connectivity index (χ2n) is 8.61. The molecule has 0 radical (unpaired) electrons. The van der Waals surface area contributed by atoms with Crippen LogP contribution in [0.4, 0.5) is 5.69 Å². The Labute approximate surface area is 126 Å². The molecule has 5 rings (SSSR count). The highest BCUT2D eigenvalue weighted by Crippen LogP contribution is 2.69. The van der Waals surface area contributed by atoms with Crippen molar-refractivity contribution in [2.24, 2.45) is 22.2 Å². The molecule has 21 heavy (non-hydrogen) atoms. The summed E-state index contributed by atoms with van der Waals surface area (Å²) in [7, 11) is 0. The van der Waals surface area contributed by atoms with E-state index >= 15 is 0 Å². The average molecular weight is 284 g/mol. The highest BCUT2D eigenvalue weighted by atomic mass is 16.2. The number of amides is 1. The minimum Gasteiger partial charge on any atom is -0.324 e. The Bertz CT molecular complexity index is 564. The standard InChI is InChI=1S/C18H24N2O/c1-16-6-13-7-17(2,10-16)12-18(8-13,11-16)15(21)20-14-4-3-5-19-9-14/h3-5,9,13H,6-8,10-12H2,1-2H3,(H,20,21). The summed E-state index contributed by atoms with van der Waals surface area (Å²) < 4.78 is 0. The van der Waals surface area contributed by atoms with Crippen LogP contribution in [0.3, 0.4) is 0 Å². The summed E-state index contributed by atoms with van der Waals surface area (Å²) in [5.41, 5.74) is 1.44. The Hall–Kier alpha value is -1.38. The van der Waals surface area contributed by atoms with Crippen molar-refractivity contribution in [2.45, 2.75) is 52.4 Å². The van der Waals surface area contributed by atoms with Crippen molar-refractivity contribution in [1.82, 2.24) is 4.98 Å². The molecule has 4 saturated carbocycles. The smallest absolute Gasteiger partial charge is 0.230 e. The minimum absolute atomic E-state index is 0.140. The molecule has 0 aromatic carbocycles. The zero-order valence-electron chi connectivity index (χ0n) is 13.0. The summed E-state index contributed by atoms with van der Waals surface area (Å²) in [6, 6.07) is 3.80. The van der Waals surface area contributed by atoms with E-state index in [1.54, 1.807) is 12.4 Å². The SMILES string of the molecule is CC12CC3CC(C)(C1)CC(C(=O)Nc1cccnc1)(C3)C2. The molecule has 112 valence electrons. The molecule has 1 aromatic heterocycles. The Balaban J connectivity index is 1.63. The topological polar surface area (TPSA) is 42.0 Å². The number of carbonyl (C=O) groups is 1. The van der Waals surface area contributed by atoms with Gasteiger partial charge in [-0.05, 0) is 67.4 Å². The Morgan fingerprint density at radius 3 is 2.48 bits per heavy atom. The van der Waals surface area contributed by atoms with Gasteiger partial charge in [-0.2, -0.15) is 0 Å². The highest BCUT2D eigenvalue weighted by molar-refractivity contribution is 5.95. The lowest BCUT2D eigenvalue weighted by atomic mass is 9.40. The summed E-state index contributed by atoms with van der Waals surface area (Å²) in [6.07, 6.45) is 10.7. The van der Waals surface area contributed by atoms with Crippen LogP contribution in [0.5, 0.6) is 0 Å². The van der Waals surface area contributed by atoms with Gasteiger partial charge in [0.15, 0.2) is 0 Å². The predicted octanol–water partition coefficient (Wildman–Crippen LogP) is 4.02. The van der Waals surface area contributed by atoms with Crippen LogP contribution in [0.15, 0.2) is 24.5 Å². The van der Waals surface area contributed by atoms with Crippen LogP contribution >= 0.6 is 0 Å². The predicted molar refractivity (Wildman–Crippen MR) is 82.7 cm³/mol. The summed E-state index contributed by atoms with van der Waals surface area (Å²) in [6.45, 7) is 4.81. The van der Waals surface area contributed by atoms with Crippen molar-refractivity contribution in [3.63, 3.8) is 0 Å². The molecule has 1 amide bonds. The number of nitrogens with one attached hydrogen (secondary N) is 1. The quantitative estimate of drug-likeness (QED) is 0.891. The van der Waals surface area contributed by atoms with Crippen LogP contribution in [0.1, 0.15) is 52.4 Å². The molecule has 2 unspecified atom stereocenters. The molecule has 4 fully saturated rings. The van der Waals surface area contributed by atoms with E-state index in [9.17, 15) is 4.79 Å². The van der Waals surface area contributed by atoms with Gasteiger partial charge >= 0.3 is 0 Å². The molecule has 0 saturated heterocycles. The van der Waals surface area contributed by atoms with Crippen LogP contribution in [0, 0.1) is 22.2 Å². The minimum atomic E-state index is -0.140. The molecule has 1 N–H and O–H groups in total. The van der Waals surface area contributed by atoms with Gasteiger partial charge in [0.1, 0.15) is 0 Å². The number of carbonyl (C=O) groups excluding carboxylic acids is 1. The van der Waals surface area contributed by atoms with Crippen molar-refractivity contribution < 1.29 is 4.79 Å². The number of aromatic nitrogens is 1. The number of nitrogens with zero attached hydrogens (tertiary/aromatic N) is 1. The fourth-order valence-electron chi connectivity index (χ4n) is 6.40. The van der Waals surface area contributed by atoms with E-state index in [1.165, 1.54) is 19.3 Å². The molecule has 0 spiro atoms. The van der Waals surface area contributed by atoms with Gasteiger partial charge in [0.05, 0.1) is 17.3 Å². The Kier molecular flexibility index (Phi) is 2.59. The van der Waals surface area contributed by atoms with Crippen molar-refractivity contribution in [1.29, 1.82) is 0 Å². The zero-order chi connectivity index (χ0) is 14.7. The molecule has 4 aliphatic carbocycles. The van der Waals surface area contributed by atoms with Gasteiger partial charge in [0, 0.05) is 6.20 Å². The third kappa shape index (κ3) is 2.09. The van der Waals surface area contributed by atoms with Crippen LogP contribution in [-0.4, -0.2) is 10.9 Å². The zero-order valence-corrected chi connectivity index (χ0v) is 13.0. The first-order valence-corrected chi connectivity index (χ1v) is 8.12. The lowest BCUT2D eigenvalue weighted by Gasteiger charge is -2.64. The summed E-state index contributed by atoms with van der Waals surface area (Å²) in [5, 5.41) is 3.13. The maximum Gasteiger partial charge on any atom is 0.230 e. The number of anilines is 1. The van der Waals surface area contributed by atoms with Crippen LogP contribution in [0.2, 0.25) is 0 Å². The van der Waals surface area contributed by atoms with Gasteiger partial charge in [-0.15, -0.1) is 0 Å². The molecule has 4 aliphatic rings. The molecule has 1 heterocycles. The second-order valence-corrected chi connectivity index (χ2v) is 8.61. The van der Waals surface area contributed by atoms with Gasteiger partial charge in [0.2, 0.25) is 5.91 Å². The number of hydrogen-bond acceptors (Lipinski definition) is 2. The van der Waals surface area contributed by atoms with Crippen molar-refractivity contribution in [2.75, 3.05) is 5.32 Å². The maximum atomic E-state index is 13.0. The fourth-order valence-corrected chi connectivity index (χ4v) is 6.40. The monoisotopic (exact) mass is 284 g/mol. The van der Waals surface area contributed by atoms with E-state index in [-0.39, 0.29) is 11.3 Å². The number of pyridine rings is 1. The van der Waals surface area contributed by atoms with Crippen LogP contribution in [-0.2, 0) is 4.79 Å². The van der Waals surface area contributed by atoms with E-state index in [0.717, 1.165) is 30.9 Å². The molecule has 3 heteroatoms. The largest absolute Gasteiger partial charge is 0.324 e. The lowest BCUT2D eigenvalue weighted by Crippen LogP contribution is -2.58. The second kappa shape index (κ2) is 4.08. The Morgan fingerprint density at radius 2 is 1.90 bits per heavy atom. The van der Waals surface area contributed by atoms with Crippen molar-refractivity contribution in [3.05, 3.63) is 24.5 Å². The van der Waals surface area contributed by atoms with Crippen LogP contribution in [0.25, 0.3) is 0 Å². The molecule has 2 atom stereocenters. The molecule has 1 aromatic rings. The molecule has 3 nitrogen and oxygen atoms in total. The molecule has 0 aliphatic heterocycles. The number of hydrogen-bond donors (Lipinski definition) is 1. The Morgan fingerprint density at radius 1 is 1.19 bits per heavy atom. The van der Waals surface area contributed by atoms with E-state index in [4.69, 9.17) is 0 Å². The van der Waals surface area contributed by atoms with E-state index in [0.29, 0.717) is 10.8 Å². The van der Waals surface area contributed by atoms with E-state index in [2.05, 4.69) is 24.1 Å². The summed E-state index contributed by atoms with van der Waals surface area (Å²) in [4.78, 5) is 17.1. The summed E-state index contributed by atoms with van der Waals surface area (Å²) in [5.74, 6) is 0.980. The van der Waals surface area contributed by atoms with Gasteiger partial charge in [-0.1, -0.05) is 13.8 Å². The number of rotatable bonds is 2. The van der Waals surface area contributed by atoms with E-state index < -0.39 is 0 Å². The van der Waals surface area contributed by atoms with Gasteiger partial charge in [-0.3, -0.25) is 9.78 Å².